The molecule has 102 valence electrons. The van der Waals surface area contributed by atoms with Crippen LogP contribution in [0.4, 0.5) is 0 Å². The van der Waals surface area contributed by atoms with Gasteiger partial charge in [0, 0.05) is 14.2 Å². The molecule has 2 N–H and O–H groups in total. The van der Waals surface area contributed by atoms with E-state index < -0.39 is 15.2 Å². The first-order chi connectivity index (χ1) is 8.28. The monoisotopic (exact) mass is 294 g/mol. The van der Waals surface area contributed by atoms with E-state index in [0.717, 1.165) is 14.2 Å². The zero-order valence-electron chi connectivity index (χ0n) is 10.1. The van der Waals surface area contributed by atoms with Crippen LogP contribution in [0.15, 0.2) is 24.3 Å². The molecule has 0 saturated carbocycles. The molecular formula is C10H16O6P2. The Morgan fingerprint density at radius 3 is 1.72 bits per heavy atom. The number of hydrogen-bond acceptors (Lipinski definition) is 4. The molecule has 0 aliphatic rings. The molecule has 1 aromatic carbocycles. The molecule has 6 nitrogen and oxygen atoms in total. The Hall–Kier alpha value is -0.480. The van der Waals surface area contributed by atoms with Crippen LogP contribution in [-0.2, 0) is 30.5 Å². The topological polar surface area (TPSA) is 93.1 Å². The van der Waals surface area contributed by atoms with Crippen LogP contribution < -0.4 is 0 Å². The van der Waals surface area contributed by atoms with Gasteiger partial charge in [0.15, 0.2) is 0 Å². The van der Waals surface area contributed by atoms with Crippen LogP contribution in [0, 0.1) is 0 Å². The van der Waals surface area contributed by atoms with Gasteiger partial charge in [0.25, 0.3) is 0 Å². The summed E-state index contributed by atoms with van der Waals surface area (Å²) in [6.07, 6.45) is -0.278. The largest absolute Gasteiger partial charge is 0.332 e. The lowest BCUT2D eigenvalue weighted by molar-refractivity contribution is 0.313. The summed E-state index contributed by atoms with van der Waals surface area (Å²) in [7, 11) is -4.94. The maximum atomic E-state index is 11.4. The minimum absolute atomic E-state index is 0.139. The van der Waals surface area contributed by atoms with Crippen molar-refractivity contribution in [2.45, 2.75) is 12.3 Å². The molecule has 0 radical (unpaired) electrons. The van der Waals surface area contributed by atoms with E-state index in [1.807, 2.05) is 0 Å². The Bertz CT molecular complexity index is 460. The van der Waals surface area contributed by atoms with Gasteiger partial charge in [0.1, 0.15) is 0 Å². The molecule has 1 rings (SSSR count). The van der Waals surface area contributed by atoms with Crippen molar-refractivity contribution in [1.82, 2.24) is 0 Å². The van der Waals surface area contributed by atoms with E-state index in [1.165, 1.54) is 0 Å². The molecule has 2 atom stereocenters. The van der Waals surface area contributed by atoms with Crippen molar-refractivity contribution in [1.29, 1.82) is 0 Å². The first kappa shape index (κ1) is 15.6. The van der Waals surface area contributed by atoms with E-state index in [0.29, 0.717) is 11.1 Å². The highest BCUT2D eigenvalue weighted by Crippen LogP contribution is 2.46. The zero-order valence-corrected chi connectivity index (χ0v) is 11.9. The van der Waals surface area contributed by atoms with Gasteiger partial charge in [0.05, 0.1) is 12.3 Å². The maximum Gasteiger partial charge on any atom is 0.332 e. The van der Waals surface area contributed by atoms with Crippen molar-refractivity contribution >= 4 is 15.2 Å². The Labute approximate surface area is 106 Å². The second-order valence-corrected chi connectivity index (χ2v) is 7.69. The molecule has 0 aliphatic carbocycles. The molecule has 0 heterocycles. The zero-order chi connectivity index (χ0) is 13.8. The first-order valence-corrected chi connectivity index (χ1v) is 8.63. The lowest BCUT2D eigenvalue weighted by atomic mass is 10.2. The fourth-order valence-corrected chi connectivity index (χ4v) is 2.99. The Morgan fingerprint density at radius 2 is 1.39 bits per heavy atom. The predicted octanol–water partition coefficient (Wildman–Crippen LogP) is 2.35. The van der Waals surface area contributed by atoms with E-state index in [1.54, 1.807) is 24.3 Å². The van der Waals surface area contributed by atoms with Gasteiger partial charge in [0.2, 0.25) is 0 Å². The van der Waals surface area contributed by atoms with Gasteiger partial charge in [-0.05, 0) is 11.1 Å². The molecule has 0 aliphatic heterocycles. The summed E-state index contributed by atoms with van der Waals surface area (Å²) in [5, 5.41) is 0. The molecule has 0 saturated heterocycles. The van der Waals surface area contributed by atoms with Crippen molar-refractivity contribution in [3.05, 3.63) is 35.4 Å². The highest BCUT2D eigenvalue weighted by atomic mass is 31.2. The van der Waals surface area contributed by atoms with Crippen LogP contribution in [0.5, 0.6) is 0 Å². The summed E-state index contributed by atoms with van der Waals surface area (Å²) in [6.45, 7) is 0. The van der Waals surface area contributed by atoms with Gasteiger partial charge >= 0.3 is 15.2 Å². The van der Waals surface area contributed by atoms with Crippen LogP contribution >= 0.6 is 15.2 Å². The second kappa shape index (κ2) is 6.11. The second-order valence-electron chi connectivity index (χ2n) is 3.78. The summed E-state index contributed by atoms with van der Waals surface area (Å²) in [5.74, 6) is 0. The molecule has 0 bridgehead atoms. The maximum absolute atomic E-state index is 11.4. The quantitative estimate of drug-likeness (QED) is 0.782. The van der Waals surface area contributed by atoms with Crippen LogP contribution in [0.2, 0.25) is 0 Å². The van der Waals surface area contributed by atoms with Crippen molar-refractivity contribution in [2.24, 2.45) is 0 Å². The third-order valence-corrected chi connectivity index (χ3v) is 5.00. The Kier molecular flexibility index (Phi) is 5.29. The molecule has 0 fully saturated rings. The normalized spacial score (nSPS) is 18.0. The number of hydrogen-bond donors (Lipinski definition) is 2. The van der Waals surface area contributed by atoms with E-state index in [-0.39, 0.29) is 12.3 Å². The lowest BCUT2D eigenvalue weighted by Gasteiger charge is -2.11. The van der Waals surface area contributed by atoms with Gasteiger partial charge in [-0.2, -0.15) is 0 Å². The summed E-state index contributed by atoms with van der Waals surface area (Å²) in [4.78, 5) is 18.7. The molecule has 18 heavy (non-hydrogen) atoms. The van der Waals surface area contributed by atoms with Crippen molar-refractivity contribution < 1.29 is 28.0 Å². The van der Waals surface area contributed by atoms with Crippen molar-refractivity contribution in [2.75, 3.05) is 14.2 Å². The smallest absolute Gasteiger partial charge is 0.324 e. The van der Waals surface area contributed by atoms with Gasteiger partial charge in [-0.3, -0.25) is 9.13 Å². The van der Waals surface area contributed by atoms with Crippen LogP contribution in [-0.4, -0.2) is 24.0 Å². The summed E-state index contributed by atoms with van der Waals surface area (Å²) in [6, 6.07) is 6.54. The first-order valence-electron chi connectivity index (χ1n) is 5.11. The molecule has 1 aromatic rings. The minimum atomic E-state index is -3.64. The summed E-state index contributed by atoms with van der Waals surface area (Å²) >= 11 is 0. The van der Waals surface area contributed by atoms with Gasteiger partial charge in [-0.25, -0.2) is 0 Å². The van der Waals surface area contributed by atoms with Crippen LogP contribution in [0.3, 0.4) is 0 Å². The minimum Gasteiger partial charge on any atom is -0.324 e. The molecular weight excluding hydrogens is 278 g/mol. The number of benzene rings is 1. The van der Waals surface area contributed by atoms with Gasteiger partial charge in [-0.15, -0.1) is 0 Å². The van der Waals surface area contributed by atoms with E-state index in [4.69, 9.17) is 0 Å². The molecule has 8 heteroatoms. The highest BCUT2D eigenvalue weighted by molar-refractivity contribution is 7.52. The van der Waals surface area contributed by atoms with Crippen molar-refractivity contribution in [3.8, 4) is 0 Å². The average molecular weight is 294 g/mol. The molecule has 0 amide bonds. The fourth-order valence-electron chi connectivity index (χ4n) is 1.42. The number of rotatable bonds is 6. The van der Waals surface area contributed by atoms with Gasteiger partial charge < -0.3 is 18.8 Å². The standard InChI is InChI=1S/C10H16O6P2/c1-15-17(11,12)7-9-4-3-5-10(6-9)8-18(13,14)16-2/h3-6H,7-8H2,1-2H3,(H,11,12)(H,13,14). The fraction of sp³-hybridized carbons (Fsp3) is 0.400. The van der Waals surface area contributed by atoms with Gasteiger partial charge in [-0.1, -0.05) is 24.3 Å². The Balaban J connectivity index is 2.87. The van der Waals surface area contributed by atoms with E-state index in [9.17, 15) is 18.9 Å². The third-order valence-electron chi connectivity index (χ3n) is 2.33. The molecule has 2 unspecified atom stereocenters. The summed E-state index contributed by atoms with van der Waals surface area (Å²) in [5.41, 5.74) is 1.13. The predicted molar refractivity (Wildman–Crippen MR) is 67.5 cm³/mol. The third kappa shape index (κ3) is 5.02. The Morgan fingerprint density at radius 1 is 1.00 bits per heavy atom. The van der Waals surface area contributed by atoms with Crippen molar-refractivity contribution in [3.63, 3.8) is 0 Å². The highest BCUT2D eigenvalue weighted by Gasteiger charge is 2.20. The lowest BCUT2D eigenvalue weighted by Crippen LogP contribution is -1.94. The van der Waals surface area contributed by atoms with E-state index >= 15 is 0 Å². The average Bonchev–Trinajstić information content (AvgIpc) is 2.28. The molecule has 0 aromatic heterocycles. The SMILES string of the molecule is COP(=O)(O)Cc1cccc(CP(=O)(O)OC)c1. The van der Waals surface area contributed by atoms with Crippen LogP contribution in [0.1, 0.15) is 11.1 Å². The van der Waals surface area contributed by atoms with Crippen LogP contribution in [0.25, 0.3) is 0 Å². The molecule has 0 spiro atoms. The summed E-state index contributed by atoms with van der Waals surface area (Å²) < 4.78 is 31.8. The van der Waals surface area contributed by atoms with E-state index in [2.05, 4.69) is 9.05 Å².